The minimum Gasteiger partial charge on any atom is -0.377 e. The van der Waals surface area contributed by atoms with Crippen molar-refractivity contribution < 1.29 is 13.9 Å². The van der Waals surface area contributed by atoms with Gasteiger partial charge in [-0.05, 0) is 31.5 Å². The van der Waals surface area contributed by atoms with Gasteiger partial charge in [-0.3, -0.25) is 9.48 Å². The van der Waals surface area contributed by atoms with E-state index in [0.717, 1.165) is 22.5 Å². The van der Waals surface area contributed by atoms with E-state index in [1.54, 1.807) is 33.8 Å². The molecule has 1 saturated heterocycles. The molecule has 0 saturated carbocycles. The summed E-state index contributed by atoms with van der Waals surface area (Å²) in [5.41, 5.74) is 3.75. The number of rotatable bonds is 4. The van der Waals surface area contributed by atoms with Crippen molar-refractivity contribution in [3.8, 4) is 5.69 Å². The first-order valence-electron chi connectivity index (χ1n) is 9.61. The van der Waals surface area contributed by atoms with Crippen LogP contribution < -0.4 is 0 Å². The molecule has 0 bridgehead atoms. The standard InChI is InChI=1S/C21H24FN5O2/c1-14-21(15(2)27(24-14)18-7-5-4-6-17(18)22)19-13-29-9-8-26(19)20(28)10-16-11-23-25(3)12-16/h4-7,11-12,19H,8-10,13H2,1-3H3. The predicted octanol–water partition coefficient (Wildman–Crippen LogP) is 2.50. The Bertz CT molecular complexity index is 1040. The van der Waals surface area contributed by atoms with E-state index in [1.807, 2.05) is 32.0 Å². The number of aromatic nitrogens is 4. The van der Waals surface area contributed by atoms with Crippen LogP contribution in [0.25, 0.3) is 5.69 Å². The highest BCUT2D eigenvalue weighted by molar-refractivity contribution is 5.79. The van der Waals surface area contributed by atoms with Gasteiger partial charge in [-0.15, -0.1) is 0 Å². The summed E-state index contributed by atoms with van der Waals surface area (Å²) in [5.74, 6) is -0.321. The van der Waals surface area contributed by atoms with Crippen LogP contribution in [0.2, 0.25) is 0 Å². The van der Waals surface area contributed by atoms with Crippen molar-refractivity contribution in [1.82, 2.24) is 24.5 Å². The monoisotopic (exact) mass is 397 g/mol. The van der Waals surface area contributed by atoms with E-state index in [-0.39, 0.29) is 24.2 Å². The van der Waals surface area contributed by atoms with Crippen LogP contribution in [-0.2, 0) is 23.0 Å². The molecule has 0 N–H and O–H groups in total. The number of carbonyl (C=O) groups is 1. The Morgan fingerprint density at radius 2 is 2.10 bits per heavy atom. The molecule has 1 aromatic carbocycles. The predicted molar refractivity (Wildman–Crippen MR) is 105 cm³/mol. The summed E-state index contributed by atoms with van der Waals surface area (Å²) in [6.07, 6.45) is 3.84. The molecule has 0 radical (unpaired) electrons. The summed E-state index contributed by atoms with van der Waals surface area (Å²) >= 11 is 0. The van der Waals surface area contributed by atoms with Gasteiger partial charge in [0.05, 0.1) is 37.6 Å². The number of halogens is 1. The number of carbonyl (C=O) groups excluding carboxylic acids is 1. The van der Waals surface area contributed by atoms with Gasteiger partial charge in [0.2, 0.25) is 5.91 Å². The molecule has 0 aliphatic carbocycles. The lowest BCUT2D eigenvalue weighted by Gasteiger charge is -2.36. The molecule has 1 fully saturated rings. The molecule has 0 spiro atoms. The number of morpholine rings is 1. The molecule has 1 aliphatic heterocycles. The number of benzene rings is 1. The van der Waals surface area contributed by atoms with E-state index in [0.29, 0.717) is 25.4 Å². The zero-order chi connectivity index (χ0) is 20.5. The molecular weight excluding hydrogens is 373 g/mol. The van der Waals surface area contributed by atoms with Crippen LogP contribution in [0.1, 0.15) is 28.6 Å². The zero-order valence-corrected chi connectivity index (χ0v) is 16.8. The van der Waals surface area contributed by atoms with E-state index in [1.165, 1.54) is 6.07 Å². The average Bonchev–Trinajstić information content (AvgIpc) is 3.24. The van der Waals surface area contributed by atoms with Crippen LogP contribution in [0, 0.1) is 19.7 Å². The Hall–Kier alpha value is -3.00. The Kier molecular flexibility index (Phi) is 5.19. The summed E-state index contributed by atoms with van der Waals surface area (Å²) in [6.45, 7) is 5.18. The molecule has 3 heterocycles. The Labute approximate surface area is 168 Å². The van der Waals surface area contributed by atoms with Gasteiger partial charge in [0.15, 0.2) is 0 Å². The fraction of sp³-hybridized carbons (Fsp3) is 0.381. The maximum Gasteiger partial charge on any atom is 0.227 e. The highest BCUT2D eigenvalue weighted by atomic mass is 19.1. The quantitative estimate of drug-likeness (QED) is 0.679. The molecule has 7 nitrogen and oxygen atoms in total. The summed E-state index contributed by atoms with van der Waals surface area (Å²) in [7, 11) is 1.83. The van der Waals surface area contributed by atoms with E-state index >= 15 is 0 Å². The molecule has 2 aromatic heterocycles. The normalized spacial score (nSPS) is 17.0. The van der Waals surface area contributed by atoms with E-state index < -0.39 is 0 Å². The summed E-state index contributed by atoms with van der Waals surface area (Å²) in [4.78, 5) is 14.9. The van der Waals surface area contributed by atoms with Gasteiger partial charge in [-0.25, -0.2) is 9.07 Å². The van der Waals surface area contributed by atoms with Crippen molar-refractivity contribution in [3.05, 3.63) is 65.0 Å². The molecule has 1 atom stereocenters. The number of hydrogen-bond acceptors (Lipinski definition) is 4. The Morgan fingerprint density at radius 1 is 1.31 bits per heavy atom. The average molecular weight is 397 g/mol. The lowest BCUT2D eigenvalue weighted by atomic mass is 10.0. The largest absolute Gasteiger partial charge is 0.377 e. The topological polar surface area (TPSA) is 65.2 Å². The third-order valence-electron chi connectivity index (χ3n) is 5.32. The highest BCUT2D eigenvalue weighted by Gasteiger charge is 2.33. The molecule has 8 heteroatoms. The van der Waals surface area contributed by atoms with Crippen LogP contribution >= 0.6 is 0 Å². The van der Waals surface area contributed by atoms with Gasteiger partial charge in [0.1, 0.15) is 11.5 Å². The second kappa shape index (κ2) is 7.79. The number of nitrogens with zero attached hydrogens (tertiary/aromatic N) is 5. The Morgan fingerprint density at radius 3 is 2.83 bits per heavy atom. The fourth-order valence-corrected chi connectivity index (χ4v) is 3.98. The van der Waals surface area contributed by atoms with E-state index in [9.17, 15) is 9.18 Å². The highest BCUT2D eigenvalue weighted by Crippen LogP contribution is 2.31. The van der Waals surface area contributed by atoms with Gasteiger partial charge in [0.25, 0.3) is 0 Å². The third-order valence-corrected chi connectivity index (χ3v) is 5.32. The maximum absolute atomic E-state index is 14.3. The summed E-state index contributed by atoms with van der Waals surface area (Å²) in [6, 6.07) is 6.29. The third kappa shape index (κ3) is 3.67. The van der Waals surface area contributed by atoms with Crippen molar-refractivity contribution in [2.24, 2.45) is 7.05 Å². The van der Waals surface area contributed by atoms with Gasteiger partial charge in [0, 0.05) is 31.0 Å². The second-order valence-electron chi connectivity index (χ2n) is 7.32. The molecule has 1 amide bonds. The van der Waals surface area contributed by atoms with Crippen LogP contribution in [0.15, 0.2) is 36.7 Å². The fourth-order valence-electron chi connectivity index (χ4n) is 3.98. The first-order valence-corrected chi connectivity index (χ1v) is 9.61. The first kappa shape index (κ1) is 19.3. The molecule has 1 aliphatic rings. The maximum atomic E-state index is 14.3. The van der Waals surface area contributed by atoms with Crippen LogP contribution in [0.3, 0.4) is 0 Å². The smallest absolute Gasteiger partial charge is 0.227 e. The van der Waals surface area contributed by atoms with Crippen molar-refractivity contribution in [2.75, 3.05) is 19.8 Å². The Balaban J connectivity index is 1.67. The van der Waals surface area contributed by atoms with Crippen molar-refractivity contribution >= 4 is 5.91 Å². The number of ether oxygens (including phenoxy) is 1. The minimum atomic E-state index is -0.339. The van der Waals surface area contributed by atoms with Crippen LogP contribution in [-0.4, -0.2) is 50.1 Å². The number of amides is 1. The molecule has 1 unspecified atom stereocenters. The van der Waals surface area contributed by atoms with Gasteiger partial charge >= 0.3 is 0 Å². The van der Waals surface area contributed by atoms with Crippen molar-refractivity contribution in [3.63, 3.8) is 0 Å². The molecule has 29 heavy (non-hydrogen) atoms. The number of para-hydroxylation sites is 1. The molecular formula is C21H24FN5O2. The number of aryl methyl sites for hydroxylation is 2. The van der Waals surface area contributed by atoms with Gasteiger partial charge < -0.3 is 9.64 Å². The number of hydrogen-bond donors (Lipinski definition) is 0. The molecule has 152 valence electrons. The van der Waals surface area contributed by atoms with Crippen molar-refractivity contribution in [1.29, 1.82) is 0 Å². The van der Waals surface area contributed by atoms with Crippen molar-refractivity contribution in [2.45, 2.75) is 26.3 Å². The van der Waals surface area contributed by atoms with E-state index in [2.05, 4.69) is 10.2 Å². The molecule has 4 rings (SSSR count). The zero-order valence-electron chi connectivity index (χ0n) is 16.8. The second-order valence-corrected chi connectivity index (χ2v) is 7.32. The van der Waals surface area contributed by atoms with Crippen LogP contribution in [0.5, 0.6) is 0 Å². The lowest BCUT2D eigenvalue weighted by Crippen LogP contribution is -2.44. The SMILES string of the molecule is Cc1nn(-c2ccccc2F)c(C)c1C1COCCN1C(=O)Cc1cnn(C)c1. The first-order chi connectivity index (χ1) is 14.0. The van der Waals surface area contributed by atoms with E-state index in [4.69, 9.17) is 4.74 Å². The van der Waals surface area contributed by atoms with Gasteiger partial charge in [-0.2, -0.15) is 10.2 Å². The summed E-state index contributed by atoms with van der Waals surface area (Å²) < 4.78 is 23.3. The lowest BCUT2D eigenvalue weighted by molar-refractivity contribution is -0.139. The summed E-state index contributed by atoms with van der Waals surface area (Å²) in [5, 5.41) is 8.71. The molecule has 3 aromatic rings. The van der Waals surface area contributed by atoms with Crippen LogP contribution in [0.4, 0.5) is 4.39 Å². The minimum absolute atomic E-state index is 0.0174. The van der Waals surface area contributed by atoms with Gasteiger partial charge in [-0.1, -0.05) is 12.1 Å².